The largest absolute Gasteiger partial charge is 0.389 e. The SMILES string of the molecule is CCc1nc2ccc(C3CCN(CC(=O)N4CC(O)C4)CC3)nn2c1N(C)c1c[c]cc(F)c1. The first-order valence-electron chi connectivity index (χ1n) is 11.9. The van der Waals surface area contributed by atoms with Gasteiger partial charge in [-0.2, -0.15) is 9.61 Å². The Morgan fingerprint density at radius 3 is 2.71 bits per heavy atom. The molecule has 1 amide bonds. The summed E-state index contributed by atoms with van der Waals surface area (Å²) in [7, 11) is 1.90. The van der Waals surface area contributed by atoms with Crippen molar-refractivity contribution >= 4 is 23.1 Å². The summed E-state index contributed by atoms with van der Waals surface area (Å²) in [5, 5.41) is 14.4. The van der Waals surface area contributed by atoms with E-state index in [0.717, 1.165) is 55.2 Å². The van der Waals surface area contributed by atoms with Gasteiger partial charge in [0.25, 0.3) is 0 Å². The second-order valence-corrected chi connectivity index (χ2v) is 9.24. The highest BCUT2D eigenvalue weighted by Crippen LogP contribution is 2.31. The van der Waals surface area contributed by atoms with Gasteiger partial charge in [-0.15, -0.1) is 0 Å². The van der Waals surface area contributed by atoms with E-state index < -0.39 is 0 Å². The lowest BCUT2D eigenvalue weighted by Crippen LogP contribution is -2.56. The number of aliphatic hydroxyl groups excluding tert-OH is 1. The minimum absolute atomic E-state index is 0.0936. The Hall–Kier alpha value is -3.04. The van der Waals surface area contributed by atoms with E-state index in [1.807, 2.05) is 22.5 Å². The number of aromatic nitrogens is 3. The van der Waals surface area contributed by atoms with Crippen molar-refractivity contribution in [2.75, 3.05) is 44.7 Å². The lowest BCUT2D eigenvalue weighted by atomic mass is 9.93. The number of aliphatic hydroxyl groups is 1. The number of anilines is 2. The Morgan fingerprint density at radius 2 is 2.03 bits per heavy atom. The summed E-state index contributed by atoms with van der Waals surface area (Å²) in [5.41, 5.74) is 3.37. The number of hydrogen-bond donors (Lipinski definition) is 1. The first-order chi connectivity index (χ1) is 16.4. The smallest absolute Gasteiger partial charge is 0.236 e. The van der Waals surface area contributed by atoms with Crippen LogP contribution in [0.4, 0.5) is 15.9 Å². The Morgan fingerprint density at radius 1 is 1.26 bits per heavy atom. The first-order valence-corrected chi connectivity index (χ1v) is 11.9. The van der Waals surface area contributed by atoms with Crippen LogP contribution in [0.2, 0.25) is 0 Å². The Labute approximate surface area is 198 Å². The summed E-state index contributed by atoms with van der Waals surface area (Å²) in [5.74, 6) is 0.893. The minimum Gasteiger partial charge on any atom is -0.389 e. The van der Waals surface area contributed by atoms with Crippen molar-refractivity contribution in [3.63, 3.8) is 0 Å². The van der Waals surface area contributed by atoms with Crippen LogP contribution >= 0.6 is 0 Å². The van der Waals surface area contributed by atoms with Crippen molar-refractivity contribution < 1.29 is 14.3 Å². The predicted molar refractivity (Wildman–Crippen MR) is 127 cm³/mol. The molecular weight excluding hydrogens is 435 g/mol. The number of benzene rings is 1. The zero-order valence-corrected chi connectivity index (χ0v) is 19.6. The molecule has 0 spiro atoms. The van der Waals surface area contributed by atoms with Gasteiger partial charge in [-0.3, -0.25) is 9.69 Å². The zero-order valence-electron chi connectivity index (χ0n) is 19.6. The molecule has 1 N–H and O–H groups in total. The van der Waals surface area contributed by atoms with E-state index in [2.05, 4.69) is 24.0 Å². The van der Waals surface area contributed by atoms with E-state index in [9.17, 15) is 14.3 Å². The average Bonchev–Trinajstić information content (AvgIpc) is 3.20. The fraction of sp³-hybridized carbons (Fsp3) is 0.480. The summed E-state index contributed by atoms with van der Waals surface area (Å²) >= 11 is 0. The van der Waals surface area contributed by atoms with Crippen molar-refractivity contribution in [3.05, 3.63) is 53.6 Å². The highest BCUT2D eigenvalue weighted by Gasteiger charge is 2.31. The quantitative estimate of drug-likeness (QED) is 0.603. The normalized spacial score (nSPS) is 17.8. The summed E-state index contributed by atoms with van der Waals surface area (Å²) in [4.78, 5) is 22.9. The molecule has 0 atom stereocenters. The molecule has 2 saturated heterocycles. The molecule has 2 aliphatic heterocycles. The molecule has 2 aliphatic rings. The molecule has 3 aromatic rings. The van der Waals surface area contributed by atoms with Crippen LogP contribution in [0.3, 0.4) is 0 Å². The van der Waals surface area contributed by atoms with Crippen LogP contribution in [0.5, 0.6) is 0 Å². The van der Waals surface area contributed by atoms with Crippen molar-refractivity contribution in [3.8, 4) is 0 Å². The number of aryl methyl sites for hydroxylation is 1. The predicted octanol–water partition coefficient (Wildman–Crippen LogP) is 2.38. The number of fused-ring (bicyclic) bond motifs is 1. The Balaban J connectivity index is 1.33. The number of piperidine rings is 1. The molecule has 2 aromatic heterocycles. The fourth-order valence-electron chi connectivity index (χ4n) is 4.86. The van der Waals surface area contributed by atoms with Gasteiger partial charge in [0.15, 0.2) is 11.5 Å². The molecule has 0 unspecified atom stereocenters. The van der Waals surface area contributed by atoms with E-state index in [0.29, 0.717) is 31.2 Å². The van der Waals surface area contributed by atoms with Gasteiger partial charge >= 0.3 is 0 Å². The molecule has 5 rings (SSSR count). The van der Waals surface area contributed by atoms with E-state index >= 15 is 0 Å². The van der Waals surface area contributed by atoms with E-state index in [1.54, 1.807) is 11.0 Å². The number of nitrogens with zero attached hydrogens (tertiary/aromatic N) is 6. The average molecular weight is 466 g/mol. The molecule has 179 valence electrons. The van der Waals surface area contributed by atoms with Gasteiger partial charge in [-0.05, 0) is 68.8 Å². The van der Waals surface area contributed by atoms with Crippen molar-refractivity contribution in [1.82, 2.24) is 24.4 Å². The maximum atomic E-state index is 13.8. The van der Waals surface area contributed by atoms with Gasteiger partial charge in [0.1, 0.15) is 5.82 Å². The van der Waals surface area contributed by atoms with Crippen LogP contribution in [-0.4, -0.2) is 81.3 Å². The molecule has 1 aromatic carbocycles. The lowest BCUT2D eigenvalue weighted by Gasteiger charge is -2.38. The zero-order chi connectivity index (χ0) is 23.8. The topological polar surface area (TPSA) is 77.2 Å². The number of β-amino-alcohol motifs (C(OH)–C–C–N with tert-alkyl or cyclic N) is 1. The number of carbonyl (C=O) groups is 1. The van der Waals surface area contributed by atoms with Gasteiger partial charge in [-0.25, -0.2) is 9.37 Å². The number of amides is 1. The third-order valence-electron chi connectivity index (χ3n) is 6.90. The monoisotopic (exact) mass is 465 g/mol. The van der Waals surface area contributed by atoms with Gasteiger partial charge in [-0.1, -0.05) is 6.92 Å². The van der Waals surface area contributed by atoms with Crippen LogP contribution < -0.4 is 4.90 Å². The number of halogens is 1. The molecule has 4 heterocycles. The molecule has 0 aliphatic carbocycles. The van der Waals surface area contributed by atoms with E-state index in [4.69, 9.17) is 10.1 Å². The van der Waals surface area contributed by atoms with E-state index in [-0.39, 0.29) is 17.8 Å². The third-order valence-corrected chi connectivity index (χ3v) is 6.90. The highest BCUT2D eigenvalue weighted by molar-refractivity contribution is 5.79. The molecule has 34 heavy (non-hydrogen) atoms. The standard InChI is InChI=1S/C25H30FN6O2/c1-3-21-25(29(2)19-6-4-5-18(26)13-19)32-23(27-21)8-7-22(28-32)17-9-11-30(12-10-17)16-24(34)31-14-20(33)15-31/h5-8,13,17,20,33H,3,9-12,14-16H2,1-2H3. The summed E-state index contributed by atoms with van der Waals surface area (Å²) in [6, 6.07) is 11.4. The van der Waals surface area contributed by atoms with Gasteiger partial charge in [0.2, 0.25) is 5.91 Å². The van der Waals surface area contributed by atoms with Crippen LogP contribution in [0.25, 0.3) is 5.65 Å². The third kappa shape index (κ3) is 4.37. The number of hydrogen-bond acceptors (Lipinski definition) is 6. The number of carbonyl (C=O) groups excluding carboxylic acids is 1. The second kappa shape index (κ2) is 9.31. The van der Waals surface area contributed by atoms with Crippen molar-refractivity contribution in [2.45, 2.75) is 38.2 Å². The summed E-state index contributed by atoms with van der Waals surface area (Å²) < 4.78 is 15.7. The second-order valence-electron chi connectivity index (χ2n) is 9.24. The molecule has 0 saturated carbocycles. The Kier molecular flexibility index (Phi) is 6.22. The van der Waals surface area contributed by atoms with Crippen LogP contribution in [0.1, 0.15) is 37.1 Å². The molecule has 9 heteroatoms. The Bertz CT molecular complexity index is 1180. The van der Waals surface area contributed by atoms with Crippen LogP contribution in [0, 0.1) is 11.9 Å². The number of imidazole rings is 1. The first kappa shape index (κ1) is 22.7. The maximum absolute atomic E-state index is 13.8. The molecule has 0 bridgehead atoms. The maximum Gasteiger partial charge on any atom is 0.236 e. The van der Waals surface area contributed by atoms with Crippen molar-refractivity contribution in [2.24, 2.45) is 0 Å². The van der Waals surface area contributed by atoms with Gasteiger partial charge in [0, 0.05) is 31.7 Å². The van der Waals surface area contributed by atoms with Crippen LogP contribution in [-0.2, 0) is 11.2 Å². The molecular formula is C25H30FN6O2. The van der Waals surface area contributed by atoms with Crippen LogP contribution in [0.15, 0.2) is 30.3 Å². The summed E-state index contributed by atoms with van der Waals surface area (Å²) in [6.07, 6.45) is 2.22. The molecule has 8 nitrogen and oxygen atoms in total. The van der Waals surface area contributed by atoms with Crippen molar-refractivity contribution in [1.29, 1.82) is 0 Å². The lowest BCUT2D eigenvalue weighted by molar-refractivity contribution is -0.142. The van der Waals surface area contributed by atoms with Gasteiger partial charge < -0.3 is 14.9 Å². The van der Waals surface area contributed by atoms with E-state index in [1.165, 1.54) is 12.1 Å². The fourth-order valence-corrected chi connectivity index (χ4v) is 4.86. The summed E-state index contributed by atoms with van der Waals surface area (Å²) in [6.45, 7) is 5.04. The minimum atomic E-state index is -0.366. The van der Waals surface area contributed by atoms with Gasteiger partial charge in [0.05, 0.1) is 24.0 Å². The molecule has 2 fully saturated rings. The molecule has 1 radical (unpaired) electrons. The highest BCUT2D eigenvalue weighted by atomic mass is 19.1. The number of likely N-dealkylation sites (tertiary alicyclic amines) is 2. The number of rotatable bonds is 6.